The van der Waals surface area contributed by atoms with E-state index in [4.69, 9.17) is 0 Å². The molecule has 2 N–H and O–H groups in total. The molecular weight excluding hydrogens is 363 g/mol. The fourth-order valence-electron chi connectivity index (χ4n) is 3.97. The third-order valence-corrected chi connectivity index (χ3v) is 5.37. The van der Waals surface area contributed by atoms with Crippen LogP contribution in [-0.4, -0.2) is 25.4 Å². The molecule has 1 amide bonds. The van der Waals surface area contributed by atoms with E-state index >= 15 is 0 Å². The van der Waals surface area contributed by atoms with Crippen molar-refractivity contribution in [3.8, 4) is 5.75 Å². The number of nitrogens with zero attached hydrogens (tertiary/aromatic N) is 3. The van der Waals surface area contributed by atoms with Crippen molar-refractivity contribution in [3.63, 3.8) is 0 Å². The number of amides is 1. The molecule has 3 aromatic rings. The highest BCUT2D eigenvalue weighted by Gasteiger charge is 2.28. The Kier molecular flexibility index (Phi) is 4.21. The van der Waals surface area contributed by atoms with Crippen LogP contribution in [0.25, 0.3) is 10.9 Å². The normalized spacial score (nSPS) is 15.8. The van der Waals surface area contributed by atoms with Crippen LogP contribution in [0.1, 0.15) is 46.6 Å². The smallest absolute Gasteiger partial charge is 0.267 e. The maximum Gasteiger partial charge on any atom is 0.267 e. The molecule has 1 aliphatic heterocycles. The Hall–Kier alpha value is -3.16. The Balaban J connectivity index is 1.82. The van der Waals surface area contributed by atoms with Gasteiger partial charge in [-0.05, 0) is 44.4 Å². The lowest BCUT2D eigenvalue weighted by Crippen LogP contribution is -2.36. The number of aromatic hydroxyl groups is 1. The monoisotopic (exact) mass is 384 g/mol. The van der Waals surface area contributed by atoms with E-state index in [1.807, 2.05) is 13.8 Å². The number of aryl methyl sites for hydroxylation is 3. The maximum atomic E-state index is 14.1. The van der Waals surface area contributed by atoms with E-state index in [2.05, 4.69) is 10.4 Å². The summed E-state index contributed by atoms with van der Waals surface area (Å²) < 4.78 is 17.2. The average Bonchev–Trinajstić information content (AvgIpc) is 2.96. The predicted molar refractivity (Wildman–Crippen MR) is 102 cm³/mol. The Morgan fingerprint density at radius 1 is 1.43 bits per heavy atom. The number of hydrogen-bond acceptors (Lipinski definition) is 4. The lowest BCUT2D eigenvalue weighted by molar-refractivity contribution is 0.0946. The summed E-state index contributed by atoms with van der Waals surface area (Å²) in [5.41, 5.74) is 1.81. The molecule has 28 heavy (non-hydrogen) atoms. The molecule has 1 aliphatic rings. The number of pyridine rings is 1. The van der Waals surface area contributed by atoms with Gasteiger partial charge in [0.1, 0.15) is 17.1 Å². The van der Waals surface area contributed by atoms with Crippen molar-refractivity contribution in [3.05, 3.63) is 56.9 Å². The van der Waals surface area contributed by atoms with Gasteiger partial charge in [0.05, 0.1) is 11.2 Å². The van der Waals surface area contributed by atoms with Crippen molar-refractivity contribution in [2.24, 2.45) is 7.05 Å². The van der Waals surface area contributed by atoms with Gasteiger partial charge in [0.15, 0.2) is 0 Å². The second-order valence-electron chi connectivity index (χ2n) is 7.34. The van der Waals surface area contributed by atoms with Gasteiger partial charge in [-0.25, -0.2) is 4.39 Å². The zero-order chi connectivity index (χ0) is 20.2. The van der Waals surface area contributed by atoms with E-state index < -0.39 is 23.0 Å². The van der Waals surface area contributed by atoms with Gasteiger partial charge >= 0.3 is 0 Å². The number of rotatable bonds is 3. The van der Waals surface area contributed by atoms with Crippen LogP contribution in [0.4, 0.5) is 4.39 Å². The number of aromatic nitrogens is 3. The molecule has 3 heterocycles. The summed E-state index contributed by atoms with van der Waals surface area (Å²) >= 11 is 0. The molecule has 0 spiro atoms. The van der Waals surface area contributed by atoms with Gasteiger partial charge < -0.3 is 15.0 Å². The number of carbonyl (C=O) groups excluding carboxylic acids is 1. The summed E-state index contributed by atoms with van der Waals surface area (Å²) in [6, 6.07) is 2.40. The molecule has 4 rings (SSSR count). The van der Waals surface area contributed by atoms with Crippen molar-refractivity contribution in [2.75, 3.05) is 0 Å². The molecule has 8 heteroatoms. The number of halogens is 1. The molecule has 0 bridgehead atoms. The molecule has 146 valence electrons. The number of nitrogens with one attached hydrogen (secondary N) is 1. The molecule has 0 radical (unpaired) electrons. The summed E-state index contributed by atoms with van der Waals surface area (Å²) in [4.78, 5) is 25.9. The molecule has 0 fully saturated rings. The van der Waals surface area contributed by atoms with Crippen LogP contribution in [0.5, 0.6) is 5.75 Å². The summed E-state index contributed by atoms with van der Waals surface area (Å²) in [5.74, 6) is -1.68. The minimum absolute atomic E-state index is 0.152. The molecule has 2 aromatic heterocycles. The van der Waals surface area contributed by atoms with Gasteiger partial charge in [0.2, 0.25) is 0 Å². The van der Waals surface area contributed by atoms with Crippen LogP contribution in [0.2, 0.25) is 0 Å². The zero-order valence-electron chi connectivity index (χ0n) is 15.9. The first-order chi connectivity index (χ1) is 13.3. The number of carbonyl (C=O) groups is 1. The number of benzene rings is 1. The largest absolute Gasteiger partial charge is 0.506 e. The summed E-state index contributed by atoms with van der Waals surface area (Å²) in [5, 5.41) is 17.7. The molecule has 1 unspecified atom stereocenters. The standard InChI is InChI=1S/C20H21FN4O3/c1-10-4-5-12-6-14(21)7-15-17(12)25(10)20(28)16(18(15)26)19(27)22-8-13-9-24(3)23-11(13)2/h6-7,9-10,26H,4-5,8H2,1-3H3,(H,22,27). The van der Waals surface area contributed by atoms with Crippen molar-refractivity contribution < 1.29 is 14.3 Å². The van der Waals surface area contributed by atoms with Gasteiger partial charge in [0, 0.05) is 36.8 Å². The topological polar surface area (TPSA) is 89.2 Å². The second-order valence-corrected chi connectivity index (χ2v) is 7.34. The number of hydrogen-bond donors (Lipinski definition) is 2. The molecule has 1 aromatic carbocycles. The highest BCUT2D eigenvalue weighted by Crippen LogP contribution is 2.35. The van der Waals surface area contributed by atoms with Crippen LogP contribution >= 0.6 is 0 Å². The third kappa shape index (κ3) is 2.76. The van der Waals surface area contributed by atoms with Crippen molar-refractivity contribution in [1.82, 2.24) is 19.7 Å². The van der Waals surface area contributed by atoms with Crippen molar-refractivity contribution in [1.29, 1.82) is 0 Å². The first-order valence-electron chi connectivity index (χ1n) is 9.14. The maximum absolute atomic E-state index is 14.1. The highest BCUT2D eigenvalue weighted by atomic mass is 19.1. The van der Waals surface area contributed by atoms with E-state index in [0.29, 0.717) is 23.9 Å². The van der Waals surface area contributed by atoms with Crippen molar-refractivity contribution >= 4 is 16.8 Å². The lowest BCUT2D eigenvalue weighted by atomic mass is 9.95. The van der Waals surface area contributed by atoms with Gasteiger partial charge in [-0.3, -0.25) is 14.3 Å². The molecule has 0 aliphatic carbocycles. The fraction of sp³-hybridized carbons (Fsp3) is 0.350. The summed E-state index contributed by atoms with van der Waals surface area (Å²) in [7, 11) is 1.78. The van der Waals surface area contributed by atoms with Gasteiger partial charge in [-0.2, -0.15) is 5.10 Å². The summed E-state index contributed by atoms with van der Waals surface area (Å²) in [6.07, 6.45) is 3.04. The molecule has 1 atom stereocenters. The highest BCUT2D eigenvalue weighted by molar-refractivity contribution is 6.03. The Morgan fingerprint density at radius 2 is 2.18 bits per heavy atom. The minimum Gasteiger partial charge on any atom is -0.506 e. The van der Waals surface area contributed by atoms with Gasteiger partial charge in [-0.15, -0.1) is 0 Å². The minimum atomic E-state index is -0.694. The van der Waals surface area contributed by atoms with E-state index in [0.717, 1.165) is 11.3 Å². The first-order valence-corrected chi connectivity index (χ1v) is 9.14. The quantitative estimate of drug-likeness (QED) is 0.725. The third-order valence-electron chi connectivity index (χ3n) is 5.37. The SMILES string of the molecule is Cc1nn(C)cc1CNC(=O)c1c(O)c2cc(F)cc3c2n(c1=O)C(C)CC3. The van der Waals surface area contributed by atoms with E-state index in [-0.39, 0.29) is 23.5 Å². The Morgan fingerprint density at radius 3 is 2.86 bits per heavy atom. The lowest BCUT2D eigenvalue weighted by Gasteiger charge is -2.26. The fourth-order valence-corrected chi connectivity index (χ4v) is 3.97. The molecule has 0 saturated carbocycles. The van der Waals surface area contributed by atoms with E-state index in [1.165, 1.54) is 16.7 Å². The van der Waals surface area contributed by atoms with Crippen LogP contribution < -0.4 is 10.9 Å². The van der Waals surface area contributed by atoms with Crippen LogP contribution in [-0.2, 0) is 20.0 Å². The van der Waals surface area contributed by atoms with Crippen LogP contribution in [0, 0.1) is 12.7 Å². The summed E-state index contributed by atoms with van der Waals surface area (Å²) in [6.45, 7) is 3.87. The van der Waals surface area contributed by atoms with Gasteiger partial charge in [-0.1, -0.05) is 0 Å². The van der Waals surface area contributed by atoms with Crippen LogP contribution in [0.15, 0.2) is 23.1 Å². The average molecular weight is 384 g/mol. The zero-order valence-corrected chi connectivity index (χ0v) is 15.9. The second kappa shape index (κ2) is 6.47. The first kappa shape index (κ1) is 18.2. The van der Waals surface area contributed by atoms with Crippen LogP contribution in [0.3, 0.4) is 0 Å². The predicted octanol–water partition coefficient (Wildman–Crippen LogP) is 2.33. The van der Waals surface area contributed by atoms with Crippen molar-refractivity contribution in [2.45, 2.75) is 39.3 Å². The molecule has 7 nitrogen and oxygen atoms in total. The Labute approximate surface area is 160 Å². The Bertz CT molecular complexity index is 1180. The van der Waals surface area contributed by atoms with E-state index in [1.54, 1.807) is 17.9 Å². The molecule has 0 saturated heterocycles. The van der Waals surface area contributed by atoms with Gasteiger partial charge in [0.25, 0.3) is 11.5 Å². The molecular formula is C20H21FN4O3. The van der Waals surface area contributed by atoms with E-state index in [9.17, 15) is 19.1 Å².